The number of H-pyrrole nitrogens is 1. The minimum atomic E-state index is -0.304. The number of nitrogens with one attached hydrogen (secondary N) is 2. The molecular weight excluding hydrogens is 462 g/mol. The van der Waals surface area contributed by atoms with Crippen molar-refractivity contribution in [3.05, 3.63) is 36.3 Å². The number of piperidine rings is 1. The Morgan fingerprint density at radius 3 is 2.69 bits per heavy atom. The summed E-state index contributed by atoms with van der Waals surface area (Å²) in [6.07, 6.45) is 6.54. The van der Waals surface area contributed by atoms with Gasteiger partial charge in [-0.05, 0) is 56.7 Å². The summed E-state index contributed by atoms with van der Waals surface area (Å²) in [5.74, 6) is 1.80. The molecule has 190 valence electrons. The number of aromatic amines is 1. The van der Waals surface area contributed by atoms with E-state index in [-0.39, 0.29) is 18.0 Å². The van der Waals surface area contributed by atoms with Gasteiger partial charge in [0.1, 0.15) is 29.0 Å². The van der Waals surface area contributed by atoms with Crippen LogP contribution in [0.4, 0.5) is 4.79 Å². The standard InChI is InChI=1S/C26H31N5O5/c1-3-35-26(33)31-10-8-17(9-11-31)30-25(32)20-13-27-24-22(28-15-29-23(20)24)19-12-18(34-2)6-7-21(19)36-14-16-4-5-16/h6-7,12-13,15-17,27H,3-5,8-11,14H2,1-2H3,(H,30,32). The summed E-state index contributed by atoms with van der Waals surface area (Å²) in [6, 6.07) is 5.62. The first-order valence-electron chi connectivity index (χ1n) is 12.4. The number of fused-ring (bicyclic) bond motifs is 1. The number of aromatic nitrogens is 3. The fourth-order valence-electron chi connectivity index (χ4n) is 4.44. The number of hydrogen-bond acceptors (Lipinski definition) is 7. The molecule has 2 aliphatic rings. The lowest BCUT2D eigenvalue weighted by Crippen LogP contribution is -2.46. The highest BCUT2D eigenvalue weighted by Gasteiger charge is 2.27. The van der Waals surface area contributed by atoms with Gasteiger partial charge in [0.2, 0.25) is 0 Å². The minimum Gasteiger partial charge on any atom is -0.497 e. The van der Waals surface area contributed by atoms with E-state index in [9.17, 15) is 9.59 Å². The molecule has 1 aromatic carbocycles. The second kappa shape index (κ2) is 10.4. The Hall–Kier alpha value is -3.82. The molecule has 0 bridgehead atoms. The Kier molecular flexibility index (Phi) is 6.92. The lowest BCUT2D eigenvalue weighted by molar-refractivity contribution is 0.0861. The Morgan fingerprint density at radius 2 is 1.97 bits per heavy atom. The summed E-state index contributed by atoms with van der Waals surface area (Å²) >= 11 is 0. The Bertz CT molecular complexity index is 1250. The summed E-state index contributed by atoms with van der Waals surface area (Å²) in [7, 11) is 1.62. The number of likely N-dealkylation sites (tertiary alicyclic amines) is 1. The Balaban J connectivity index is 1.35. The quantitative estimate of drug-likeness (QED) is 0.490. The maximum atomic E-state index is 13.2. The van der Waals surface area contributed by atoms with Crippen molar-refractivity contribution in [3.63, 3.8) is 0 Å². The molecule has 10 heteroatoms. The van der Waals surface area contributed by atoms with E-state index >= 15 is 0 Å². The second-order valence-electron chi connectivity index (χ2n) is 9.20. The van der Waals surface area contributed by atoms with Gasteiger partial charge in [-0.2, -0.15) is 0 Å². The van der Waals surface area contributed by atoms with Crippen molar-refractivity contribution in [2.24, 2.45) is 5.92 Å². The Morgan fingerprint density at radius 1 is 1.17 bits per heavy atom. The van der Waals surface area contributed by atoms with Gasteiger partial charge in [-0.3, -0.25) is 4.79 Å². The third kappa shape index (κ3) is 5.07. The number of hydrogen-bond donors (Lipinski definition) is 2. The van der Waals surface area contributed by atoms with Crippen molar-refractivity contribution in [1.29, 1.82) is 0 Å². The van der Waals surface area contributed by atoms with Crippen LogP contribution in [-0.4, -0.2) is 71.3 Å². The zero-order valence-electron chi connectivity index (χ0n) is 20.6. The molecule has 2 fully saturated rings. The molecule has 3 heterocycles. The highest BCUT2D eigenvalue weighted by molar-refractivity contribution is 6.08. The molecule has 0 atom stereocenters. The summed E-state index contributed by atoms with van der Waals surface area (Å²) < 4.78 is 16.6. The molecule has 2 aromatic heterocycles. The number of carbonyl (C=O) groups excluding carboxylic acids is 2. The number of methoxy groups -OCH3 is 1. The van der Waals surface area contributed by atoms with Crippen LogP contribution >= 0.6 is 0 Å². The summed E-state index contributed by atoms with van der Waals surface area (Å²) in [4.78, 5) is 38.9. The second-order valence-corrected chi connectivity index (χ2v) is 9.20. The molecule has 3 aromatic rings. The number of amides is 2. The third-order valence-electron chi connectivity index (χ3n) is 6.68. The summed E-state index contributed by atoms with van der Waals surface area (Å²) in [5, 5.41) is 3.09. The monoisotopic (exact) mass is 493 g/mol. The van der Waals surface area contributed by atoms with Gasteiger partial charge < -0.3 is 29.4 Å². The van der Waals surface area contributed by atoms with Gasteiger partial charge in [-0.15, -0.1) is 0 Å². The zero-order chi connectivity index (χ0) is 25.1. The van der Waals surface area contributed by atoms with Crippen LogP contribution in [-0.2, 0) is 4.74 Å². The number of nitrogens with zero attached hydrogens (tertiary/aromatic N) is 3. The van der Waals surface area contributed by atoms with Crippen molar-refractivity contribution < 1.29 is 23.8 Å². The maximum absolute atomic E-state index is 13.2. The van der Waals surface area contributed by atoms with Crippen LogP contribution < -0.4 is 14.8 Å². The van der Waals surface area contributed by atoms with Crippen LogP contribution in [0.5, 0.6) is 11.5 Å². The van der Waals surface area contributed by atoms with E-state index in [1.165, 1.54) is 19.2 Å². The molecule has 2 N–H and O–H groups in total. The fourth-order valence-corrected chi connectivity index (χ4v) is 4.44. The first-order chi connectivity index (χ1) is 17.6. The Labute approximate surface area is 209 Å². The molecule has 0 unspecified atom stereocenters. The minimum absolute atomic E-state index is 0.0322. The normalized spacial score (nSPS) is 16.1. The van der Waals surface area contributed by atoms with Crippen LogP contribution in [0.3, 0.4) is 0 Å². The van der Waals surface area contributed by atoms with E-state index < -0.39 is 0 Å². The SMILES string of the molecule is CCOC(=O)N1CCC(NC(=O)c2c[nH]c3c(-c4cc(OC)ccc4OCC4CC4)ncnc23)CC1. The van der Waals surface area contributed by atoms with Crippen LogP contribution in [0.2, 0.25) is 0 Å². The summed E-state index contributed by atoms with van der Waals surface area (Å²) in [6.45, 7) is 3.90. The van der Waals surface area contributed by atoms with Gasteiger partial charge in [-0.1, -0.05) is 0 Å². The predicted octanol–water partition coefficient (Wildman–Crippen LogP) is 3.77. The maximum Gasteiger partial charge on any atom is 0.409 e. The lowest BCUT2D eigenvalue weighted by Gasteiger charge is -2.31. The zero-order valence-corrected chi connectivity index (χ0v) is 20.6. The molecule has 1 aliphatic heterocycles. The van der Waals surface area contributed by atoms with Crippen LogP contribution in [0.1, 0.15) is 43.0 Å². The van der Waals surface area contributed by atoms with Crippen LogP contribution in [0.15, 0.2) is 30.7 Å². The van der Waals surface area contributed by atoms with Crippen molar-refractivity contribution in [2.45, 2.75) is 38.6 Å². The smallest absolute Gasteiger partial charge is 0.409 e. The molecule has 1 saturated heterocycles. The topological polar surface area (TPSA) is 119 Å². The molecular formula is C26H31N5O5. The third-order valence-corrected chi connectivity index (χ3v) is 6.68. The predicted molar refractivity (Wildman–Crippen MR) is 133 cm³/mol. The van der Waals surface area contributed by atoms with E-state index in [4.69, 9.17) is 14.2 Å². The molecule has 0 spiro atoms. The van der Waals surface area contributed by atoms with Crippen LogP contribution in [0.25, 0.3) is 22.3 Å². The van der Waals surface area contributed by atoms with Crippen molar-refractivity contribution in [2.75, 3.05) is 33.4 Å². The highest BCUT2D eigenvalue weighted by Crippen LogP contribution is 2.37. The van der Waals surface area contributed by atoms with Gasteiger partial charge in [0.05, 0.1) is 31.4 Å². The average molecular weight is 494 g/mol. The first kappa shape index (κ1) is 23.9. The van der Waals surface area contributed by atoms with E-state index in [0.717, 1.165) is 11.3 Å². The van der Waals surface area contributed by atoms with Crippen molar-refractivity contribution in [3.8, 4) is 22.8 Å². The average Bonchev–Trinajstić information content (AvgIpc) is 3.63. The largest absolute Gasteiger partial charge is 0.497 e. The van der Waals surface area contributed by atoms with E-state index in [1.54, 1.807) is 25.1 Å². The van der Waals surface area contributed by atoms with Gasteiger partial charge in [0.25, 0.3) is 5.91 Å². The number of rotatable bonds is 8. The molecule has 1 saturated carbocycles. The number of carbonyl (C=O) groups is 2. The number of ether oxygens (including phenoxy) is 3. The van der Waals surface area contributed by atoms with Crippen molar-refractivity contribution in [1.82, 2.24) is 25.2 Å². The van der Waals surface area contributed by atoms with E-state index in [0.29, 0.717) is 73.1 Å². The molecule has 0 radical (unpaired) electrons. The molecule has 1 aliphatic carbocycles. The molecule has 5 rings (SSSR count). The van der Waals surface area contributed by atoms with Gasteiger partial charge >= 0.3 is 6.09 Å². The van der Waals surface area contributed by atoms with Crippen LogP contribution in [0, 0.1) is 5.92 Å². The van der Waals surface area contributed by atoms with Gasteiger partial charge in [0, 0.05) is 30.9 Å². The van der Waals surface area contributed by atoms with E-state index in [2.05, 4.69) is 20.3 Å². The molecule has 10 nitrogen and oxygen atoms in total. The first-order valence-corrected chi connectivity index (χ1v) is 12.4. The highest BCUT2D eigenvalue weighted by atomic mass is 16.6. The lowest BCUT2D eigenvalue weighted by atomic mass is 10.0. The van der Waals surface area contributed by atoms with Gasteiger partial charge in [-0.25, -0.2) is 14.8 Å². The molecule has 2 amide bonds. The van der Waals surface area contributed by atoms with Crippen molar-refractivity contribution >= 4 is 23.0 Å². The van der Waals surface area contributed by atoms with E-state index in [1.807, 2.05) is 18.2 Å². The fraction of sp³-hybridized carbons (Fsp3) is 0.462. The van der Waals surface area contributed by atoms with Gasteiger partial charge in [0.15, 0.2) is 0 Å². The molecule has 36 heavy (non-hydrogen) atoms. The summed E-state index contributed by atoms with van der Waals surface area (Å²) in [5.41, 5.74) is 3.07. The number of benzene rings is 1.